The van der Waals surface area contributed by atoms with Gasteiger partial charge in [0, 0.05) is 37.6 Å². The van der Waals surface area contributed by atoms with Gasteiger partial charge in [0.1, 0.15) is 17.5 Å². The highest BCUT2D eigenvalue weighted by Crippen LogP contribution is 2.23. The average Bonchev–Trinajstić information content (AvgIpc) is 3.14. The second-order valence-electron chi connectivity index (χ2n) is 6.17. The van der Waals surface area contributed by atoms with E-state index in [-0.39, 0.29) is 5.91 Å². The van der Waals surface area contributed by atoms with Crippen molar-refractivity contribution in [2.24, 2.45) is 7.05 Å². The number of nitrogens with zero attached hydrogens (tertiary/aromatic N) is 3. The first-order valence-electron chi connectivity index (χ1n) is 8.79. The van der Waals surface area contributed by atoms with Gasteiger partial charge >= 0.3 is 0 Å². The summed E-state index contributed by atoms with van der Waals surface area (Å²) in [7, 11) is 5.17. The van der Waals surface area contributed by atoms with E-state index in [4.69, 9.17) is 9.47 Å². The fourth-order valence-electron chi connectivity index (χ4n) is 2.71. The van der Waals surface area contributed by atoms with E-state index in [0.717, 1.165) is 16.9 Å². The summed E-state index contributed by atoms with van der Waals surface area (Å²) in [6.07, 6.45) is 5.14. The van der Waals surface area contributed by atoms with Crippen LogP contribution in [0.1, 0.15) is 17.2 Å². The molecule has 0 fully saturated rings. The molecule has 0 saturated heterocycles. The highest BCUT2D eigenvalue weighted by atomic mass is 16.5. The van der Waals surface area contributed by atoms with Crippen LogP contribution in [0.15, 0.2) is 55.0 Å². The highest BCUT2D eigenvalue weighted by molar-refractivity contribution is 5.83. The third kappa shape index (κ3) is 4.86. The summed E-state index contributed by atoms with van der Waals surface area (Å²) < 4.78 is 12.6. The van der Waals surface area contributed by atoms with Gasteiger partial charge < -0.3 is 20.1 Å². The second-order valence-corrected chi connectivity index (χ2v) is 6.17. The van der Waals surface area contributed by atoms with E-state index >= 15 is 0 Å². The third-order valence-electron chi connectivity index (χ3n) is 4.16. The van der Waals surface area contributed by atoms with Gasteiger partial charge in [-0.25, -0.2) is 4.98 Å². The van der Waals surface area contributed by atoms with Gasteiger partial charge in [-0.1, -0.05) is 0 Å². The molecule has 0 spiro atoms. The van der Waals surface area contributed by atoms with Crippen molar-refractivity contribution in [2.45, 2.75) is 12.6 Å². The molecule has 2 heterocycles. The monoisotopic (exact) mass is 381 g/mol. The number of aryl methyl sites for hydroxylation is 1. The van der Waals surface area contributed by atoms with Crippen LogP contribution in [0.5, 0.6) is 17.4 Å². The minimum absolute atomic E-state index is 0.134. The van der Waals surface area contributed by atoms with Gasteiger partial charge in [-0.2, -0.15) is 5.10 Å². The van der Waals surface area contributed by atoms with Crippen molar-refractivity contribution in [3.63, 3.8) is 0 Å². The number of rotatable bonds is 8. The Hall–Kier alpha value is -3.39. The fraction of sp³-hybridized carbons (Fsp3) is 0.250. The summed E-state index contributed by atoms with van der Waals surface area (Å²) >= 11 is 0. The molecular formula is C20H23N5O3. The molecule has 2 N–H and O–H groups in total. The van der Waals surface area contributed by atoms with Crippen LogP contribution in [0.3, 0.4) is 0 Å². The van der Waals surface area contributed by atoms with Crippen molar-refractivity contribution >= 4 is 5.91 Å². The highest BCUT2D eigenvalue weighted by Gasteiger charge is 2.19. The molecule has 0 aliphatic carbocycles. The van der Waals surface area contributed by atoms with Gasteiger partial charge in [0.2, 0.25) is 11.8 Å². The van der Waals surface area contributed by atoms with E-state index in [0.29, 0.717) is 18.2 Å². The van der Waals surface area contributed by atoms with Gasteiger partial charge in [0.05, 0.1) is 13.3 Å². The Labute approximate surface area is 163 Å². The molecule has 0 saturated carbocycles. The summed E-state index contributed by atoms with van der Waals surface area (Å²) in [5.41, 5.74) is 1.69. The maximum Gasteiger partial charge on any atom is 0.242 e. The zero-order chi connectivity index (χ0) is 19.9. The molecule has 146 valence electrons. The van der Waals surface area contributed by atoms with Crippen LogP contribution in [0, 0.1) is 0 Å². The summed E-state index contributed by atoms with van der Waals surface area (Å²) in [4.78, 5) is 16.7. The molecule has 0 bridgehead atoms. The number of ether oxygens (including phenoxy) is 2. The largest absolute Gasteiger partial charge is 0.497 e. The van der Waals surface area contributed by atoms with E-state index in [2.05, 4.69) is 20.7 Å². The van der Waals surface area contributed by atoms with Crippen LogP contribution < -0.4 is 20.1 Å². The Balaban J connectivity index is 1.61. The Morgan fingerprint density at radius 3 is 2.61 bits per heavy atom. The normalized spacial score (nSPS) is 11.7. The number of amides is 1. The Bertz CT molecular complexity index is 924. The maximum atomic E-state index is 12.5. The molecule has 1 unspecified atom stereocenters. The first-order chi connectivity index (χ1) is 13.6. The number of benzene rings is 1. The van der Waals surface area contributed by atoms with Crippen LogP contribution in [-0.4, -0.2) is 34.8 Å². The summed E-state index contributed by atoms with van der Waals surface area (Å²) in [5.74, 6) is 1.73. The zero-order valence-corrected chi connectivity index (χ0v) is 16.0. The molecule has 1 amide bonds. The van der Waals surface area contributed by atoms with Crippen molar-refractivity contribution in [3.05, 3.63) is 66.1 Å². The Kier molecular flexibility index (Phi) is 6.23. The number of hydrogen-bond donors (Lipinski definition) is 2. The van der Waals surface area contributed by atoms with Crippen molar-refractivity contribution in [1.29, 1.82) is 0 Å². The number of likely N-dealkylation sites (N-methyl/N-ethyl adjacent to an activating group) is 1. The molecule has 0 aliphatic heterocycles. The van der Waals surface area contributed by atoms with Gasteiger partial charge in [-0.05, 0) is 42.9 Å². The molecule has 0 radical (unpaired) electrons. The van der Waals surface area contributed by atoms with Crippen LogP contribution in [0.2, 0.25) is 0 Å². The molecule has 3 rings (SSSR count). The van der Waals surface area contributed by atoms with Crippen molar-refractivity contribution in [2.75, 3.05) is 14.2 Å². The molecule has 28 heavy (non-hydrogen) atoms. The Morgan fingerprint density at radius 1 is 1.21 bits per heavy atom. The number of carbonyl (C=O) groups excluding carboxylic acids is 1. The third-order valence-corrected chi connectivity index (χ3v) is 4.16. The standard InChI is InChI=1S/C20H23N5O3/c1-21-19(15-12-24-25(2)13-15)20(26)23-11-14-8-9-22-18(10-14)28-17-6-4-16(27-3)5-7-17/h4-10,12-13,19,21H,11H2,1-3H3,(H,23,26). The Morgan fingerprint density at radius 2 is 1.96 bits per heavy atom. The van der Waals surface area contributed by atoms with Gasteiger partial charge in [-0.15, -0.1) is 0 Å². The number of carbonyl (C=O) groups is 1. The first kappa shape index (κ1) is 19.4. The van der Waals surface area contributed by atoms with Crippen LogP contribution in [-0.2, 0) is 18.4 Å². The minimum Gasteiger partial charge on any atom is -0.497 e. The van der Waals surface area contributed by atoms with Crippen molar-refractivity contribution in [3.8, 4) is 17.4 Å². The first-order valence-corrected chi connectivity index (χ1v) is 8.79. The lowest BCUT2D eigenvalue weighted by atomic mass is 10.1. The molecule has 0 aliphatic rings. The van der Waals surface area contributed by atoms with E-state index in [1.54, 1.807) is 49.4 Å². The van der Waals surface area contributed by atoms with Crippen molar-refractivity contribution in [1.82, 2.24) is 25.4 Å². The molecule has 2 aromatic heterocycles. The van der Waals surface area contributed by atoms with Gasteiger partial charge in [0.15, 0.2) is 0 Å². The lowest BCUT2D eigenvalue weighted by Gasteiger charge is -2.15. The molecule has 8 heteroatoms. The number of pyridine rings is 1. The van der Waals surface area contributed by atoms with Crippen LogP contribution in [0.25, 0.3) is 0 Å². The summed E-state index contributed by atoms with van der Waals surface area (Å²) in [6, 6.07) is 10.4. The maximum absolute atomic E-state index is 12.5. The lowest BCUT2D eigenvalue weighted by molar-refractivity contribution is -0.123. The molecule has 1 atom stereocenters. The van der Waals surface area contributed by atoms with Crippen molar-refractivity contribution < 1.29 is 14.3 Å². The molecular weight excluding hydrogens is 358 g/mol. The number of methoxy groups -OCH3 is 1. The smallest absolute Gasteiger partial charge is 0.242 e. The number of nitrogens with one attached hydrogen (secondary N) is 2. The average molecular weight is 381 g/mol. The lowest BCUT2D eigenvalue weighted by Crippen LogP contribution is -2.35. The predicted octanol–water partition coefficient (Wildman–Crippen LogP) is 2.19. The van der Waals surface area contributed by atoms with Crippen LogP contribution in [0.4, 0.5) is 0 Å². The number of aromatic nitrogens is 3. The predicted molar refractivity (Wildman–Crippen MR) is 104 cm³/mol. The van der Waals surface area contributed by atoms with E-state index < -0.39 is 6.04 Å². The SMILES string of the molecule is CNC(C(=O)NCc1ccnc(Oc2ccc(OC)cc2)c1)c1cnn(C)c1. The number of hydrogen-bond acceptors (Lipinski definition) is 6. The second kappa shape index (κ2) is 9.01. The van der Waals surface area contributed by atoms with Gasteiger partial charge in [-0.3, -0.25) is 9.48 Å². The quantitative estimate of drug-likeness (QED) is 0.622. The summed E-state index contributed by atoms with van der Waals surface area (Å²) in [6.45, 7) is 0.360. The summed E-state index contributed by atoms with van der Waals surface area (Å²) in [5, 5.41) is 10.0. The van der Waals surface area contributed by atoms with E-state index in [1.807, 2.05) is 31.4 Å². The zero-order valence-electron chi connectivity index (χ0n) is 16.0. The molecule has 3 aromatic rings. The van der Waals surface area contributed by atoms with E-state index in [1.165, 1.54) is 0 Å². The van der Waals surface area contributed by atoms with Crippen LogP contribution >= 0.6 is 0 Å². The fourth-order valence-corrected chi connectivity index (χ4v) is 2.71. The minimum atomic E-state index is -0.467. The van der Waals surface area contributed by atoms with E-state index in [9.17, 15) is 4.79 Å². The molecule has 1 aromatic carbocycles. The molecule has 8 nitrogen and oxygen atoms in total. The van der Waals surface area contributed by atoms with Gasteiger partial charge in [0.25, 0.3) is 0 Å². The topological polar surface area (TPSA) is 90.3 Å².